The molecular formula is C17H20F2N2OS. The molecule has 0 bridgehead atoms. The van der Waals surface area contributed by atoms with Crippen LogP contribution in [0.3, 0.4) is 0 Å². The zero-order valence-corrected chi connectivity index (χ0v) is 13.8. The number of halogens is 2. The van der Waals surface area contributed by atoms with Crippen LogP contribution in [0.25, 0.3) is 0 Å². The molecule has 1 unspecified atom stereocenters. The Balaban J connectivity index is 1.67. The van der Waals surface area contributed by atoms with Crippen LogP contribution in [0, 0.1) is 29.6 Å². The fourth-order valence-corrected chi connectivity index (χ4v) is 4.46. The third kappa shape index (κ3) is 3.23. The molecule has 2 fully saturated rings. The van der Waals surface area contributed by atoms with Crippen LogP contribution in [-0.4, -0.2) is 16.5 Å². The molecule has 6 heteroatoms. The summed E-state index contributed by atoms with van der Waals surface area (Å²) in [5.41, 5.74) is 0.158. The molecule has 0 heterocycles. The van der Waals surface area contributed by atoms with E-state index in [2.05, 4.69) is 10.8 Å². The van der Waals surface area contributed by atoms with Crippen molar-refractivity contribution in [3.8, 4) is 6.07 Å². The average molecular weight is 338 g/mol. The van der Waals surface area contributed by atoms with E-state index in [1.54, 1.807) is 12.1 Å². The quantitative estimate of drug-likeness (QED) is 0.851. The van der Waals surface area contributed by atoms with Crippen LogP contribution in [-0.2, 0) is 11.4 Å². The van der Waals surface area contributed by atoms with Crippen molar-refractivity contribution in [1.82, 2.24) is 4.72 Å². The number of nitrogens with zero attached hydrogens (tertiary/aromatic N) is 1. The van der Waals surface area contributed by atoms with Crippen molar-refractivity contribution < 1.29 is 13.3 Å². The van der Waals surface area contributed by atoms with E-state index in [0.717, 1.165) is 5.56 Å². The standard InChI is InChI=1S/C17H20F2N2OS/c1-12-2-4-14(5-3-12)23(22)21-15(11-20)13-6-7-17(18,19)16(10-13)8-9-16/h2-5,13,15,21H,6-10H2,1H3/t13?,15-,23+/m1/s1. The summed E-state index contributed by atoms with van der Waals surface area (Å²) in [5, 5.41) is 9.40. The van der Waals surface area contributed by atoms with Crippen molar-refractivity contribution in [3.63, 3.8) is 0 Å². The summed E-state index contributed by atoms with van der Waals surface area (Å²) in [7, 11) is 0. The highest BCUT2D eigenvalue weighted by molar-refractivity contribution is 7.89. The second-order valence-corrected chi connectivity index (χ2v) is 8.04. The third-order valence-corrected chi connectivity index (χ3v) is 6.36. The number of aryl methyl sites for hydroxylation is 1. The Hall–Kier alpha value is -1.16. The maximum Gasteiger partial charge on any atom is 0.253 e. The Morgan fingerprint density at radius 2 is 1.96 bits per heavy atom. The van der Waals surface area contributed by atoms with Crippen LogP contribution in [0.4, 0.5) is 8.78 Å². The van der Waals surface area contributed by atoms with Crippen molar-refractivity contribution in [3.05, 3.63) is 29.8 Å². The van der Waals surface area contributed by atoms with Gasteiger partial charge in [-0.25, -0.2) is 8.78 Å². The van der Waals surface area contributed by atoms with Gasteiger partial charge in [0.05, 0.1) is 17.4 Å². The van der Waals surface area contributed by atoms with Gasteiger partial charge in [0.1, 0.15) is 6.04 Å². The highest BCUT2D eigenvalue weighted by atomic mass is 32.2. The van der Waals surface area contributed by atoms with Gasteiger partial charge in [-0.2, -0.15) is 5.26 Å². The normalized spacial score (nSPS) is 27.2. The van der Waals surface area contributed by atoms with Gasteiger partial charge in [-0.05, 0) is 50.7 Å². The summed E-state index contributed by atoms with van der Waals surface area (Å²) in [5.74, 6) is -2.78. The first-order valence-corrected chi connectivity index (χ1v) is 9.04. The summed E-state index contributed by atoms with van der Waals surface area (Å²) in [4.78, 5) is 0.595. The molecule has 3 rings (SSSR count). The van der Waals surface area contributed by atoms with Crippen LogP contribution in [0.1, 0.15) is 37.7 Å². The highest BCUT2D eigenvalue weighted by Crippen LogP contribution is 2.65. The predicted molar refractivity (Wildman–Crippen MR) is 84.1 cm³/mol. The minimum Gasteiger partial charge on any atom is -0.593 e. The fourth-order valence-electron chi connectivity index (χ4n) is 3.46. The summed E-state index contributed by atoms with van der Waals surface area (Å²) in [6.45, 7) is 1.94. The molecule has 1 spiro atoms. The van der Waals surface area contributed by atoms with E-state index in [0.29, 0.717) is 30.6 Å². The average Bonchev–Trinajstić information content (AvgIpc) is 3.30. The Kier molecular flexibility index (Phi) is 4.39. The largest absolute Gasteiger partial charge is 0.593 e. The molecule has 2 aliphatic rings. The number of nitrogens with one attached hydrogen (secondary N) is 1. The van der Waals surface area contributed by atoms with Crippen molar-refractivity contribution in [2.45, 2.75) is 55.9 Å². The number of hydrogen-bond donors (Lipinski definition) is 1. The van der Waals surface area contributed by atoms with E-state index in [4.69, 9.17) is 0 Å². The molecule has 1 N–H and O–H groups in total. The van der Waals surface area contributed by atoms with Gasteiger partial charge >= 0.3 is 0 Å². The molecule has 23 heavy (non-hydrogen) atoms. The smallest absolute Gasteiger partial charge is 0.253 e. The zero-order chi connectivity index (χ0) is 16.7. The lowest BCUT2D eigenvalue weighted by atomic mass is 9.74. The highest BCUT2D eigenvalue weighted by Gasteiger charge is 2.64. The summed E-state index contributed by atoms with van der Waals surface area (Å²) in [6.07, 6.45) is 1.54. The molecule has 0 aliphatic heterocycles. The third-order valence-electron chi connectivity index (χ3n) is 5.19. The van der Waals surface area contributed by atoms with E-state index in [-0.39, 0.29) is 12.3 Å². The molecule has 1 aromatic carbocycles. The van der Waals surface area contributed by atoms with Gasteiger partial charge < -0.3 is 4.55 Å². The van der Waals surface area contributed by atoms with Gasteiger partial charge in [0.2, 0.25) is 0 Å². The summed E-state index contributed by atoms with van der Waals surface area (Å²) in [6, 6.07) is 8.69. The van der Waals surface area contributed by atoms with Crippen LogP contribution >= 0.6 is 0 Å². The minimum absolute atomic E-state index is 0.170. The SMILES string of the molecule is Cc1ccc([S@+]([O-])N[C@H](C#N)C2CCC(F)(F)C3(CC3)C2)cc1. The molecule has 0 radical (unpaired) electrons. The molecule has 1 aromatic rings. The fraction of sp³-hybridized carbons (Fsp3) is 0.588. The first kappa shape index (κ1) is 16.7. The molecule has 2 aliphatic carbocycles. The van der Waals surface area contributed by atoms with Crippen molar-refractivity contribution in [2.24, 2.45) is 11.3 Å². The monoisotopic (exact) mass is 338 g/mol. The van der Waals surface area contributed by atoms with E-state index in [9.17, 15) is 18.6 Å². The first-order chi connectivity index (χ1) is 10.9. The van der Waals surface area contributed by atoms with Crippen molar-refractivity contribution >= 4 is 11.4 Å². The molecule has 0 saturated heterocycles. The van der Waals surface area contributed by atoms with Crippen LogP contribution in [0.15, 0.2) is 29.2 Å². The lowest BCUT2D eigenvalue weighted by Crippen LogP contribution is -2.46. The molecule has 3 atom stereocenters. The Bertz CT molecular complexity index is 610. The van der Waals surface area contributed by atoms with Gasteiger partial charge in [-0.15, -0.1) is 4.72 Å². The van der Waals surface area contributed by atoms with Crippen LogP contribution < -0.4 is 4.72 Å². The minimum atomic E-state index is -2.61. The Morgan fingerprint density at radius 3 is 2.52 bits per heavy atom. The molecule has 124 valence electrons. The number of alkyl halides is 2. The first-order valence-electron chi connectivity index (χ1n) is 7.89. The molecule has 2 saturated carbocycles. The Morgan fingerprint density at radius 1 is 1.30 bits per heavy atom. The second kappa shape index (κ2) is 6.04. The number of rotatable bonds is 4. The predicted octanol–water partition coefficient (Wildman–Crippen LogP) is 3.72. The topological polar surface area (TPSA) is 58.9 Å². The maximum atomic E-state index is 14.0. The maximum absolute atomic E-state index is 14.0. The van der Waals surface area contributed by atoms with Crippen LogP contribution in [0.2, 0.25) is 0 Å². The van der Waals surface area contributed by atoms with Crippen LogP contribution in [0.5, 0.6) is 0 Å². The number of benzene rings is 1. The van der Waals surface area contributed by atoms with Crippen molar-refractivity contribution in [2.75, 3.05) is 0 Å². The zero-order valence-electron chi connectivity index (χ0n) is 13.0. The molecule has 3 nitrogen and oxygen atoms in total. The second-order valence-electron chi connectivity index (χ2n) is 6.79. The molecular weight excluding hydrogens is 318 g/mol. The lowest BCUT2D eigenvalue weighted by Gasteiger charge is -2.37. The molecule has 0 aromatic heterocycles. The number of nitriles is 1. The summed E-state index contributed by atoms with van der Waals surface area (Å²) >= 11 is -1.51. The van der Waals surface area contributed by atoms with E-state index >= 15 is 0 Å². The van der Waals surface area contributed by atoms with Gasteiger partial charge in [-0.1, -0.05) is 17.7 Å². The van der Waals surface area contributed by atoms with Crippen molar-refractivity contribution in [1.29, 1.82) is 5.26 Å². The lowest BCUT2D eigenvalue weighted by molar-refractivity contribution is -0.114. The summed E-state index contributed by atoms with van der Waals surface area (Å²) < 4.78 is 43.2. The van der Waals surface area contributed by atoms with Gasteiger partial charge in [-0.3, -0.25) is 0 Å². The van der Waals surface area contributed by atoms with Gasteiger partial charge in [0, 0.05) is 11.8 Å². The molecule has 0 amide bonds. The number of hydrogen-bond acceptors (Lipinski definition) is 3. The van der Waals surface area contributed by atoms with E-state index in [1.807, 2.05) is 19.1 Å². The van der Waals surface area contributed by atoms with Gasteiger partial charge in [0.25, 0.3) is 5.92 Å². The van der Waals surface area contributed by atoms with E-state index in [1.165, 1.54) is 0 Å². The van der Waals surface area contributed by atoms with E-state index < -0.39 is 28.7 Å². The Labute approximate surface area is 138 Å². The van der Waals surface area contributed by atoms with Gasteiger partial charge in [0.15, 0.2) is 4.90 Å².